The molecule has 2 aliphatic rings. The van der Waals surface area contributed by atoms with Gasteiger partial charge >= 0.3 is 0 Å². The number of nitrogens with zero attached hydrogens (tertiary/aromatic N) is 1. The molecule has 0 spiro atoms. The summed E-state index contributed by atoms with van der Waals surface area (Å²) >= 11 is 1.51. The van der Waals surface area contributed by atoms with Crippen molar-refractivity contribution in [1.29, 1.82) is 0 Å². The smallest absolute Gasteiger partial charge is 0.226 e. The fraction of sp³-hybridized carbons (Fsp3) is 0.440. The van der Waals surface area contributed by atoms with Gasteiger partial charge in [-0.2, -0.15) is 0 Å². The standard InChI is InChI=1S/C25H28N2O2S/c1-3-4-12-25-19(22(28)21-10-7-14-30-21)15-16(2)24(29)27(25)13-11-18-17-8-5-6-9-20(17)26-23(18)25/h5-10,14,16,19,26H,3-4,11-13,15H2,1-2H3/t16-,19-,25+/m1/s1. The summed E-state index contributed by atoms with van der Waals surface area (Å²) in [5, 5.41) is 3.20. The second-order valence-electron chi connectivity index (χ2n) is 8.82. The first-order valence-corrected chi connectivity index (χ1v) is 11.9. The first-order chi connectivity index (χ1) is 14.6. The second-order valence-corrected chi connectivity index (χ2v) is 9.77. The fourth-order valence-corrected chi connectivity index (χ4v) is 6.49. The molecule has 3 atom stereocenters. The molecule has 2 aromatic heterocycles. The van der Waals surface area contributed by atoms with Crippen LogP contribution >= 0.6 is 11.3 Å². The van der Waals surface area contributed by atoms with Crippen LogP contribution in [0.5, 0.6) is 0 Å². The number of hydrogen-bond acceptors (Lipinski definition) is 3. The summed E-state index contributed by atoms with van der Waals surface area (Å²) in [5.41, 5.74) is 2.93. The minimum absolute atomic E-state index is 0.125. The molecule has 5 heteroatoms. The number of nitrogens with one attached hydrogen (secondary N) is 1. The molecule has 1 N–H and O–H groups in total. The predicted octanol–water partition coefficient (Wildman–Crippen LogP) is 5.54. The molecule has 30 heavy (non-hydrogen) atoms. The van der Waals surface area contributed by atoms with Crippen LogP contribution in [0.1, 0.15) is 60.5 Å². The predicted molar refractivity (Wildman–Crippen MR) is 121 cm³/mol. The van der Waals surface area contributed by atoms with E-state index in [0.717, 1.165) is 41.8 Å². The van der Waals surface area contributed by atoms with E-state index in [-0.39, 0.29) is 23.5 Å². The van der Waals surface area contributed by atoms with Gasteiger partial charge in [-0.05, 0) is 42.3 Å². The van der Waals surface area contributed by atoms with Gasteiger partial charge in [-0.1, -0.05) is 51.0 Å². The van der Waals surface area contributed by atoms with Gasteiger partial charge in [0, 0.05) is 29.1 Å². The molecular formula is C25H28N2O2S. The monoisotopic (exact) mass is 420 g/mol. The van der Waals surface area contributed by atoms with E-state index in [0.29, 0.717) is 13.0 Å². The molecule has 0 bridgehead atoms. The molecule has 0 aliphatic carbocycles. The summed E-state index contributed by atoms with van der Waals surface area (Å²) in [4.78, 5) is 33.8. The summed E-state index contributed by atoms with van der Waals surface area (Å²) in [6, 6.07) is 12.3. The number of benzene rings is 1. The third-order valence-electron chi connectivity index (χ3n) is 7.16. The number of hydrogen-bond donors (Lipinski definition) is 1. The van der Waals surface area contributed by atoms with E-state index in [2.05, 4.69) is 35.0 Å². The van der Waals surface area contributed by atoms with Crippen LogP contribution in [0.4, 0.5) is 0 Å². The van der Waals surface area contributed by atoms with Crippen molar-refractivity contribution in [1.82, 2.24) is 9.88 Å². The molecular weight excluding hydrogens is 392 g/mol. The Morgan fingerprint density at radius 3 is 2.87 bits per heavy atom. The van der Waals surface area contributed by atoms with Gasteiger partial charge in [-0.3, -0.25) is 9.59 Å². The number of aromatic nitrogens is 1. The molecule has 1 amide bonds. The topological polar surface area (TPSA) is 53.2 Å². The van der Waals surface area contributed by atoms with Crippen molar-refractivity contribution in [2.45, 2.75) is 51.5 Å². The lowest BCUT2D eigenvalue weighted by atomic mass is 9.64. The number of ketones is 1. The molecule has 0 saturated carbocycles. The zero-order valence-corrected chi connectivity index (χ0v) is 18.4. The molecule has 1 fully saturated rings. The number of rotatable bonds is 5. The van der Waals surface area contributed by atoms with E-state index in [1.54, 1.807) is 0 Å². The van der Waals surface area contributed by atoms with Crippen molar-refractivity contribution < 1.29 is 9.59 Å². The lowest BCUT2D eigenvalue weighted by Crippen LogP contribution is -2.63. The van der Waals surface area contributed by atoms with Crippen LogP contribution in [0.2, 0.25) is 0 Å². The lowest BCUT2D eigenvalue weighted by molar-refractivity contribution is -0.154. The summed E-state index contributed by atoms with van der Waals surface area (Å²) in [6.45, 7) is 4.86. The third kappa shape index (κ3) is 2.71. The Bertz CT molecular complexity index is 1100. The van der Waals surface area contributed by atoms with Crippen LogP contribution in [0.15, 0.2) is 41.8 Å². The van der Waals surface area contributed by atoms with Crippen LogP contribution in [0.3, 0.4) is 0 Å². The van der Waals surface area contributed by atoms with Gasteiger partial charge in [0.25, 0.3) is 0 Å². The highest BCUT2D eigenvalue weighted by molar-refractivity contribution is 7.12. The van der Waals surface area contributed by atoms with Crippen LogP contribution in [0, 0.1) is 11.8 Å². The number of fused-ring (bicyclic) bond motifs is 5. The largest absolute Gasteiger partial charge is 0.356 e. The maximum absolute atomic E-state index is 13.8. The van der Waals surface area contributed by atoms with Gasteiger partial charge in [0.05, 0.1) is 16.3 Å². The zero-order chi connectivity index (χ0) is 20.9. The fourth-order valence-electron chi connectivity index (χ4n) is 5.77. The lowest BCUT2D eigenvalue weighted by Gasteiger charge is -2.55. The van der Waals surface area contributed by atoms with E-state index >= 15 is 0 Å². The Morgan fingerprint density at radius 1 is 1.27 bits per heavy atom. The van der Waals surface area contributed by atoms with Crippen LogP contribution in [0.25, 0.3) is 10.9 Å². The Labute approximate surface area is 181 Å². The second kappa shape index (κ2) is 7.38. The summed E-state index contributed by atoms with van der Waals surface area (Å²) in [6.07, 6.45) is 4.30. The number of carbonyl (C=O) groups excluding carboxylic acids is 2. The number of piperidine rings is 1. The summed E-state index contributed by atoms with van der Waals surface area (Å²) < 4.78 is 0. The van der Waals surface area contributed by atoms with Crippen molar-refractivity contribution in [3.63, 3.8) is 0 Å². The first-order valence-electron chi connectivity index (χ1n) is 11.1. The first kappa shape index (κ1) is 19.6. The van der Waals surface area contributed by atoms with E-state index in [9.17, 15) is 9.59 Å². The molecule has 2 aliphatic heterocycles. The van der Waals surface area contributed by atoms with E-state index in [4.69, 9.17) is 0 Å². The van der Waals surface area contributed by atoms with Crippen molar-refractivity contribution in [2.24, 2.45) is 11.8 Å². The maximum atomic E-state index is 13.8. The number of thiophene rings is 1. The highest BCUT2D eigenvalue weighted by Gasteiger charge is 2.57. The number of aromatic amines is 1. The van der Waals surface area contributed by atoms with E-state index in [1.807, 2.05) is 30.5 Å². The van der Waals surface area contributed by atoms with Gasteiger partial charge in [-0.15, -0.1) is 11.3 Å². The van der Waals surface area contributed by atoms with Crippen molar-refractivity contribution in [2.75, 3.05) is 6.54 Å². The molecule has 1 aromatic carbocycles. The normalized spacial score (nSPS) is 25.9. The molecule has 5 rings (SSSR count). The number of carbonyl (C=O) groups is 2. The SMILES string of the molecule is CCCC[C@]12c3[nH]c4ccccc4c3CCN1C(=O)[C@H](C)C[C@@H]2C(=O)c1cccs1. The van der Waals surface area contributed by atoms with Gasteiger partial charge in [0.1, 0.15) is 0 Å². The average molecular weight is 421 g/mol. The number of H-pyrrole nitrogens is 1. The molecule has 3 aromatic rings. The summed E-state index contributed by atoms with van der Waals surface area (Å²) in [5.74, 6) is 0.0460. The zero-order valence-electron chi connectivity index (χ0n) is 17.6. The van der Waals surface area contributed by atoms with Gasteiger partial charge in [0.15, 0.2) is 5.78 Å². The van der Waals surface area contributed by atoms with Crippen LogP contribution < -0.4 is 0 Å². The minimum Gasteiger partial charge on any atom is -0.356 e. The van der Waals surface area contributed by atoms with Crippen LogP contribution in [-0.2, 0) is 16.8 Å². The molecule has 1 saturated heterocycles. The van der Waals surface area contributed by atoms with E-state index in [1.165, 1.54) is 22.3 Å². The van der Waals surface area contributed by atoms with Crippen molar-refractivity contribution >= 4 is 33.9 Å². The van der Waals surface area contributed by atoms with Crippen molar-refractivity contribution in [3.8, 4) is 0 Å². The Kier molecular flexibility index (Phi) is 4.81. The van der Waals surface area contributed by atoms with Gasteiger partial charge in [0.2, 0.25) is 5.91 Å². The maximum Gasteiger partial charge on any atom is 0.226 e. The Morgan fingerprint density at radius 2 is 2.10 bits per heavy atom. The molecule has 0 radical (unpaired) electrons. The Balaban J connectivity index is 1.75. The quantitative estimate of drug-likeness (QED) is 0.551. The Hall–Kier alpha value is -2.40. The molecule has 0 unspecified atom stereocenters. The van der Waals surface area contributed by atoms with Gasteiger partial charge < -0.3 is 9.88 Å². The van der Waals surface area contributed by atoms with E-state index < -0.39 is 5.54 Å². The number of unbranched alkanes of at least 4 members (excludes halogenated alkanes) is 1. The highest BCUT2D eigenvalue weighted by atomic mass is 32.1. The third-order valence-corrected chi connectivity index (χ3v) is 8.04. The average Bonchev–Trinajstić information content (AvgIpc) is 3.42. The summed E-state index contributed by atoms with van der Waals surface area (Å²) in [7, 11) is 0. The molecule has 156 valence electrons. The van der Waals surface area contributed by atoms with Gasteiger partial charge in [-0.25, -0.2) is 0 Å². The van der Waals surface area contributed by atoms with Crippen LogP contribution in [-0.4, -0.2) is 28.1 Å². The number of amides is 1. The highest BCUT2D eigenvalue weighted by Crippen LogP contribution is 2.52. The van der Waals surface area contributed by atoms with Crippen molar-refractivity contribution in [3.05, 3.63) is 57.9 Å². The number of para-hydroxylation sites is 1. The molecule has 4 heterocycles. The molecule has 4 nitrogen and oxygen atoms in total. The number of Topliss-reactive ketones (excluding diaryl/α,β-unsaturated/α-hetero) is 1. The minimum atomic E-state index is -0.576.